The van der Waals surface area contributed by atoms with Crippen LogP contribution < -0.4 is 0 Å². The molecule has 0 aromatic rings. The minimum Gasteiger partial charge on any atom is -0.379 e. The van der Waals surface area contributed by atoms with Crippen LogP contribution in [0.1, 0.15) is 33.6 Å². The fourth-order valence-electron chi connectivity index (χ4n) is 2.99. The van der Waals surface area contributed by atoms with Crippen LogP contribution in [0, 0.1) is 17.3 Å². The van der Waals surface area contributed by atoms with Gasteiger partial charge < -0.3 is 9.64 Å². The van der Waals surface area contributed by atoms with E-state index in [4.69, 9.17) is 4.74 Å². The highest BCUT2D eigenvalue weighted by Gasteiger charge is 2.47. The Bertz CT molecular complexity index is 258. The first-order valence-electron chi connectivity index (χ1n) is 6.44. The van der Waals surface area contributed by atoms with Gasteiger partial charge in [0.25, 0.3) is 0 Å². The van der Waals surface area contributed by atoms with Crippen LogP contribution in [-0.2, 0) is 9.53 Å². The molecule has 0 aromatic carbocycles. The summed E-state index contributed by atoms with van der Waals surface area (Å²) in [6.45, 7) is 9.70. The lowest BCUT2D eigenvalue weighted by molar-refractivity contribution is -0.175. The maximum absolute atomic E-state index is 12.5. The standard InChI is InChI=1S/C13H23NO2/c1-4-13(8-16-9-13)12(15)14-6-10(2)5-11(3)7-14/h10-11H,4-9H2,1-3H3. The largest absolute Gasteiger partial charge is 0.379 e. The van der Waals surface area contributed by atoms with Gasteiger partial charge in [0.15, 0.2) is 0 Å². The molecule has 0 saturated carbocycles. The second kappa shape index (κ2) is 4.36. The Morgan fingerprint density at radius 1 is 1.31 bits per heavy atom. The van der Waals surface area contributed by atoms with E-state index in [1.54, 1.807) is 0 Å². The summed E-state index contributed by atoms with van der Waals surface area (Å²) in [6.07, 6.45) is 2.16. The van der Waals surface area contributed by atoms with Gasteiger partial charge in [-0.3, -0.25) is 4.79 Å². The van der Waals surface area contributed by atoms with Gasteiger partial charge in [-0.25, -0.2) is 0 Å². The second-order valence-corrected chi connectivity index (χ2v) is 5.78. The van der Waals surface area contributed by atoms with Gasteiger partial charge in [-0.15, -0.1) is 0 Å². The van der Waals surface area contributed by atoms with Crippen LogP contribution in [-0.4, -0.2) is 37.1 Å². The molecule has 2 heterocycles. The van der Waals surface area contributed by atoms with Crippen molar-refractivity contribution in [2.24, 2.45) is 17.3 Å². The zero-order valence-corrected chi connectivity index (χ0v) is 10.7. The van der Waals surface area contributed by atoms with Gasteiger partial charge in [0.2, 0.25) is 5.91 Å². The van der Waals surface area contributed by atoms with E-state index < -0.39 is 0 Å². The first-order chi connectivity index (χ1) is 7.57. The number of hydrogen-bond acceptors (Lipinski definition) is 2. The molecular formula is C13H23NO2. The van der Waals surface area contributed by atoms with Gasteiger partial charge in [-0.2, -0.15) is 0 Å². The van der Waals surface area contributed by atoms with Crippen LogP contribution in [0.15, 0.2) is 0 Å². The third kappa shape index (κ3) is 1.97. The van der Waals surface area contributed by atoms with E-state index >= 15 is 0 Å². The van der Waals surface area contributed by atoms with Crippen molar-refractivity contribution in [3.63, 3.8) is 0 Å². The van der Waals surface area contributed by atoms with Crippen molar-refractivity contribution in [1.29, 1.82) is 0 Å². The lowest BCUT2D eigenvalue weighted by atomic mass is 9.80. The molecule has 3 heteroatoms. The summed E-state index contributed by atoms with van der Waals surface area (Å²) in [7, 11) is 0. The van der Waals surface area contributed by atoms with Crippen LogP contribution >= 0.6 is 0 Å². The van der Waals surface area contributed by atoms with Crippen molar-refractivity contribution < 1.29 is 9.53 Å². The molecule has 2 atom stereocenters. The van der Waals surface area contributed by atoms with Crippen molar-refractivity contribution >= 4 is 5.91 Å². The van der Waals surface area contributed by atoms with Gasteiger partial charge >= 0.3 is 0 Å². The Kier molecular flexibility index (Phi) is 3.24. The van der Waals surface area contributed by atoms with E-state index in [0.717, 1.165) is 19.5 Å². The van der Waals surface area contributed by atoms with E-state index in [9.17, 15) is 4.79 Å². The zero-order chi connectivity index (χ0) is 11.8. The van der Waals surface area contributed by atoms with Crippen molar-refractivity contribution in [1.82, 2.24) is 4.90 Å². The Hall–Kier alpha value is -0.570. The lowest BCUT2D eigenvalue weighted by Crippen LogP contribution is -2.57. The molecule has 0 bridgehead atoms. The quantitative estimate of drug-likeness (QED) is 0.718. The predicted octanol–water partition coefficient (Wildman–Crippen LogP) is 1.92. The highest BCUT2D eigenvalue weighted by molar-refractivity contribution is 5.84. The van der Waals surface area contributed by atoms with Gasteiger partial charge in [0.1, 0.15) is 0 Å². The summed E-state index contributed by atoms with van der Waals surface area (Å²) in [5, 5.41) is 0. The lowest BCUT2D eigenvalue weighted by Gasteiger charge is -2.45. The average Bonchev–Trinajstić information content (AvgIpc) is 2.15. The molecule has 92 valence electrons. The molecule has 0 radical (unpaired) electrons. The van der Waals surface area contributed by atoms with Gasteiger partial charge in [0.05, 0.1) is 18.6 Å². The number of carbonyl (C=O) groups is 1. The molecule has 2 rings (SSSR count). The maximum atomic E-state index is 12.5. The van der Waals surface area contributed by atoms with Gasteiger partial charge in [-0.1, -0.05) is 20.8 Å². The topological polar surface area (TPSA) is 29.5 Å². The van der Waals surface area contributed by atoms with Crippen molar-refractivity contribution in [2.45, 2.75) is 33.6 Å². The molecule has 3 nitrogen and oxygen atoms in total. The molecule has 2 saturated heterocycles. The minimum absolute atomic E-state index is 0.184. The molecule has 0 aromatic heterocycles. The van der Waals surface area contributed by atoms with Gasteiger partial charge in [-0.05, 0) is 24.7 Å². The number of nitrogens with zero attached hydrogens (tertiary/aromatic N) is 1. The minimum atomic E-state index is -0.184. The van der Waals surface area contributed by atoms with Crippen molar-refractivity contribution in [3.8, 4) is 0 Å². The molecule has 0 aliphatic carbocycles. The van der Waals surface area contributed by atoms with Crippen LogP contribution in [0.25, 0.3) is 0 Å². The Labute approximate surface area is 98.1 Å². The van der Waals surface area contributed by atoms with E-state index in [0.29, 0.717) is 31.0 Å². The average molecular weight is 225 g/mol. The monoisotopic (exact) mass is 225 g/mol. The summed E-state index contributed by atoms with van der Waals surface area (Å²) in [5.41, 5.74) is -0.184. The first-order valence-corrected chi connectivity index (χ1v) is 6.44. The Morgan fingerprint density at radius 3 is 2.25 bits per heavy atom. The Morgan fingerprint density at radius 2 is 1.88 bits per heavy atom. The van der Waals surface area contributed by atoms with Crippen molar-refractivity contribution in [3.05, 3.63) is 0 Å². The third-order valence-corrected chi connectivity index (χ3v) is 4.04. The van der Waals surface area contributed by atoms with Crippen molar-refractivity contribution in [2.75, 3.05) is 26.3 Å². The van der Waals surface area contributed by atoms with Crippen LogP contribution in [0.5, 0.6) is 0 Å². The number of ether oxygens (including phenoxy) is 1. The SMILES string of the molecule is CCC1(C(=O)N2CC(C)CC(C)C2)COC1. The fourth-order valence-corrected chi connectivity index (χ4v) is 2.99. The molecule has 0 N–H and O–H groups in total. The fraction of sp³-hybridized carbons (Fsp3) is 0.923. The van der Waals surface area contributed by atoms with Crippen LogP contribution in [0.4, 0.5) is 0 Å². The maximum Gasteiger partial charge on any atom is 0.233 e. The zero-order valence-electron chi connectivity index (χ0n) is 10.7. The first kappa shape index (κ1) is 11.9. The molecule has 2 fully saturated rings. The van der Waals surface area contributed by atoms with E-state index in [2.05, 4.69) is 25.7 Å². The van der Waals surface area contributed by atoms with E-state index in [-0.39, 0.29) is 5.41 Å². The number of hydrogen-bond donors (Lipinski definition) is 0. The van der Waals surface area contributed by atoms with Gasteiger partial charge in [0, 0.05) is 13.1 Å². The summed E-state index contributed by atoms with van der Waals surface area (Å²) in [4.78, 5) is 14.5. The molecule has 2 aliphatic rings. The second-order valence-electron chi connectivity index (χ2n) is 5.78. The molecule has 2 aliphatic heterocycles. The molecular weight excluding hydrogens is 202 g/mol. The number of amides is 1. The summed E-state index contributed by atoms with van der Waals surface area (Å²) in [6, 6.07) is 0. The third-order valence-electron chi connectivity index (χ3n) is 4.04. The summed E-state index contributed by atoms with van der Waals surface area (Å²) >= 11 is 0. The number of carbonyl (C=O) groups excluding carboxylic acids is 1. The van der Waals surface area contributed by atoms with Crippen LogP contribution in [0.3, 0.4) is 0 Å². The molecule has 1 amide bonds. The highest BCUT2D eigenvalue weighted by atomic mass is 16.5. The Balaban J connectivity index is 2.03. The van der Waals surface area contributed by atoms with E-state index in [1.807, 2.05) is 0 Å². The summed E-state index contributed by atoms with van der Waals surface area (Å²) in [5.74, 6) is 1.62. The molecule has 16 heavy (non-hydrogen) atoms. The summed E-state index contributed by atoms with van der Waals surface area (Å²) < 4.78 is 5.25. The molecule has 2 unspecified atom stereocenters. The predicted molar refractivity (Wildman–Crippen MR) is 63.1 cm³/mol. The van der Waals surface area contributed by atoms with Crippen LogP contribution in [0.2, 0.25) is 0 Å². The number of piperidine rings is 1. The normalized spacial score (nSPS) is 33.3. The molecule has 0 spiro atoms. The number of likely N-dealkylation sites (tertiary alicyclic amines) is 1. The smallest absolute Gasteiger partial charge is 0.233 e. The highest BCUT2D eigenvalue weighted by Crippen LogP contribution is 2.35. The van der Waals surface area contributed by atoms with E-state index in [1.165, 1.54) is 6.42 Å². The number of rotatable bonds is 2.